The number of carbonyl (C=O) groups is 1. The molecule has 3 heterocycles. The summed E-state index contributed by atoms with van der Waals surface area (Å²) in [5, 5.41) is 15.5. The van der Waals surface area contributed by atoms with E-state index in [1.807, 2.05) is 6.07 Å². The molecule has 0 saturated carbocycles. The Morgan fingerprint density at radius 3 is 2.91 bits per heavy atom. The van der Waals surface area contributed by atoms with Gasteiger partial charge in [-0.25, -0.2) is 0 Å². The summed E-state index contributed by atoms with van der Waals surface area (Å²) in [6.45, 7) is 8.22. The molecule has 0 saturated heterocycles. The van der Waals surface area contributed by atoms with Gasteiger partial charge in [0.15, 0.2) is 5.82 Å². The summed E-state index contributed by atoms with van der Waals surface area (Å²) in [7, 11) is 0. The molecule has 7 heteroatoms. The number of fused-ring (bicyclic) bond motifs is 1. The van der Waals surface area contributed by atoms with Crippen LogP contribution >= 0.6 is 0 Å². The number of H-pyrrole nitrogens is 1. The van der Waals surface area contributed by atoms with Crippen LogP contribution in [0.4, 0.5) is 0 Å². The van der Waals surface area contributed by atoms with Crippen LogP contribution in [0.1, 0.15) is 60.9 Å². The number of aromatic amines is 1. The third kappa shape index (κ3) is 2.63. The lowest BCUT2D eigenvalue weighted by Crippen LogP contribution is -2.39. The van der Waals surface area contributed by atoms with Crippen LogP contribution in [0.3, 0.4) is 0 Å². The lowest BCUT2D eigenvalue weighted by Gasteiger charge is -2.27. The number of aryl methyl sites for hydroxylation is 1. The molecule has 22 heavy (non-hydrogen) atoms. The number of rotatable bonds is 4. The Bertz CT molecular complexity index is 671. The van der Waals surface area contributed by atoms with Crippen molar-refractivity contribution >= 4 is 5.91 Å². The van der Waals surface area contributed by atoms with Gasteiger partial charge in [0.25, 0.3) is 5.91 Å². The van der Waals surface area contributed by atoms with E-state index in [0.717, 1.165) is 36.7 Å². The van der Waals surface area contributed by atoms with Gasteiger partial charge in [0, 0.05) is 24.7 Å². The van der Waals surface area contributed by atoms with Gasteiger partial charge in [0.05, 0.1) is 6.54 Å². The summed E-state index contributed by atoms with van der Waals surface area (Å²) < 4.78 is 2.13. The topological polar surface area (TPSA) is 79.7 Å². The van der Waals surface area contributed by atoms with Crippen molar-refractivity contribution in [2.24, 2.45) is 0 Å². The predicted molar refractivity (Wildman–Crippen MR) is 81.4 cm³/mol. The van der Waals surface area contributed by atoms with Gasteiger partial charge in [-0.1, -0.05) is 27.2 Å². The summed E-state index contributed by atoms with van der Waals surface area (Å²) in [6.07, 6.45) is 1.94. The van der Waals surface area contributed by atoms with Gasteiger partial charge < -0.3 is 9.47 Å². The smallest absolute Gasteiger partial charge is 0.274 e. The highest BCUT2D eigenvalue weighted by atomic mass is 16.2. The van der Waals surface area contributed by atoms with Crippen molar-refractivity contribution in [1.82, 2.24) is 29.9 Å². The van der Waals surface area contributed by atoms with E-state index >= 15 is 0 Å². The Balaban J connectivity index is 1.74. The molecule has 2 aromatic heterocycles. The molecule has 1 aliphatic rings. The largest absolute Gasteiger partial charge is 0.328 e. The molecule has 0 radical (unpaired) electrons. The van der Waals surface area contributed by atoms with E-state index in [1.54, 1.807) is 4.90 Å². The maximum atomic E-state index is 12.6. The molecule has 7 nitrogen and oxygen atoms in total. The summed E-state index contributed by atoms with van der Waals surface area (Å²) in [5.41, 5.74) is 1.49. The highest BCUT2D eigenvalue weighted by Gasteiger charge is 2.27. The molecular weight excluding hydrogens is 280 g/mol. The van der Waals surface area contributed by atoms with Crippen molar-refractivity contribution in [2.75, 3.05) is 6.54 Å². The number of nitrogens with one attached hydrogen (secondary N) is 1. The van der Waals surface area contributed by atoms with Crippen LogP contribution in [-0.4, -0.2) is 42.3 Å². The third-order valence-corrected chi connectivity index (χ3v) is 3.95. The van der Waals surface area contributed by atoms with E-state index in [2.05, 4.69) is 45.7 Å². The summed E-state index contributed by atoms with van der Waals surface area (Å²) >= 11 is 0. The van der Waals surface area contributed by atoms with E-state index < -0.39 is 0 Å². The van der Waals surface area contributed by atoms with Crippen molar-refractivity contribution < 1.29 is 4.79 Å². The Morgan fingerprint density at radius 1 is 1.36 bits per heavy atom. The van der Waals surface area contributed by atoms with Gasteiger partial charge in [-0.2, -0.15) is 5.10 Å². The fraction of sp³-hybridized carbons (Fsp3) is 0.600. The molecule has 1 aliphatic heterocycles. The van der Waals surface area contributed by atoms with Crippen LogP contribution < -0.4 is 0 Å². The van der Waals surface area contributed by atoms with E-state index in [9.17, 15) is 4.79 Å². The number of amides is 1. The average Bonchev–Trinajstić information content (AvgIpc) is 3.12. The number of hydrogen-bond donors (Lipinski definition) is 1. The zero-order valence-corrected chi connectivity index (χ0v) is 13.3. The Morgan fingerprint density at radius 2 is 2.18 bits per heavy atom. The summed E-state index contributed by atoms with van der Waals surface area (Å²) in [4.78, 5) is 14.3. The first-order valence-corrected chi connectivity index (χ1v) is 7.85. The molecule has 0 aliphatic carbocycles. The molecule has 1 amide bonds. The lowest BCUT2D eigenvalue weighted by molar-refractivity contribution is 0.0700. The quantitative estimate of drug-likeness (QED) is 0.933. The molecule has 0 fully saturated rings. The summed E-state index contributed by atoms with van der Waals surface area (Å²) in [5.74, 6) is 2.14. The molecule has 3 rings (SSSR count). The monoisotopic (exact) mass is 302 g/mol. The summed E-state index contributed by atoms with van der Waals surface area (Å²) in [6, 6.07) is 1.85. The molecule has 2 aromatic rings. The van der Waals surface area contributed by atoms with Gasteiger partial charge in [-0.05, 0) is 12.5 Å². The number of hydrogen-bond acceptors (Lipinski definition) is 4. The SMILES string of the molecule is CCCc1cc(C(=O)N2CCn3c(nnc3C(C)C)C2)n[nH]1. The lowest BCUT2D eigenvalue weighted by atomic mass is 10.2. The maximum absolute atomic E-state index is 12.6. The van der Waals surface area contributed by atoms with Crippen LogP contribution in [-0.2, 0) is 19.5 Å². The van der Waals surface area contributed by atoms with E-state index in [4.69, 9.17) is 0 Å². The van der Waals surface area contributed by atoms with Crippen LogP contribution in [0.5, 0.6) is 0 Å². The molecule has 0 aromatic carbocycles. The first-order valence-electron chi connectivity index (χ1n) is 7.85. The van der Waals surface area contributed by atoms with Crippen molar-refractivity contribution in [3.63, 3.8) is 0 Å². The minimum Gasteiger partial charge on any atom is -0.328 e. The second-order valence-corrected chi connectivity index (χ2v) is 6.04. The standard InChI is InChI=1S/C15H22N6O/c1-4-5-11-8-12(17-16-11)15(22)20-6-7-21-13(9-20)18-19-14(21)10(2)3/h8,10H,4-7,9H2,1-3H3,(H,16,17). The van der Waals surface area contributed by atoms with Crippen LogP contribution in [0.2, 0.25) is 0 Å². The van der Waals surface area contributed by atoms with Crippen LogP contribution in [0, 0.1) is 0 Å². The molecular formula is C15H22N6O. The fourth-order valence-electron chi connectivity index (χ4n) is 2.81. The minimum atomic E-state index is -0.0426. The first-order chi connectivity index (χ1) is 10.6. The average molecular weight is 302 g/mol. The van der Waals surface area contributed by atoms with Crippen molar-refractivity contribution in [2.45, 2.75) is 52.6 Å². The zero-order chi connectivity index (χ0) is 15.7. The van der Waals surface area contributed by atoms with Gasteiger partial charge in [-0.15, -0.1) is 10.2 Å². The van der Waals surface area contributed by atoms with Crippen molar-refractivity contribution in [3.8, 4) is 0 Å². The highest BCUT2D eigenvalue weighted by molar-refractivity contribution is 5.92. The molecule has 0 spiro atoms. The van der Waals surface area contributed by atoms with E-state index in [1.165, 1.54) is 0 Å². The molecule has 0 unspecified atom stereocenters. The molecule has 0 bridgehead atoms. The van der Waals surface area contributed by atoms with Gasteiger partial charge in [0.2, 0.25) is 0 Å². The predicted octanol–water partition coefficient (Wildman–Crippen LogP) is 1.73. The highest BCUT2D eigenvalue weighted by Crippen LogP contribution is 2.19. The number of aromatic nitrogens is 5. The molecule has 1 N–H and O–H groups in total. The van der Waals surface area contributed by atoms with Crippen molar-refractivity contribution in [1.29, 1.82) is 0 Å². The van der Waals surface area contributed by atoms with Gasteiger partial charge in [0.1, 0.15) is 11.5 Å². The second kappa shape index (κ2) is 5.90. The third-order valence-electron chi connectivity index (χ3n) is 3.95. The maximum Gasteiger partial charge on any atom is 0.274 e. The minimum absolute atomic E-state index is 0.0426. The molecule has 118 valence electrons. The number of carbonyl (C=O) groups excluding carboxylic acids is 1. The van der Waals surface area contributed by atoms with Gasteiger partial charge >= 0.3 is 0 Å². The van der Waals surface area contributed by atoms with Crippen molar-refractivity contribution in [3.05, 3.63) is 29.1 Å². The zero-order valence-electron chi connectivity index (χ0n) is 13.3. The first kappa shape index (κ1) is 14.7. The van der Waals surface area contributed by atoms with E-state index in [-0.39, 0.29) is 5.91 Å². The Labute approximate surface area is 129 Å². The number of nitrogens with zero attached hydrogens (tertiary/aromatic N) is 5. The fourth-order valence-corrected chi connectivity index (χ4v) is 2.81. The second-order valence-electron chi connectivity index (χ2n) is 6.04. The Hall–Kier alpha value is -2.18. The van der Waals surface area contributed by atoms with Crippen LogP contribution in [0.15, 0.2) is 6.07 Å². The Kier molecular flexibility index (Phi) is 3.96. The van der Waals surface area contributed by atoms with E-state index in [0.29, 0.717) is 24.7 Å². The van der Waals surface area contributed by atoms with Gasteiger partial charge in [-0.3, -0.25) is 9.89 Å². The molecule has 0 atom stereocenters. The normalized spacial score (nSPS) is 14.5. The van der Waals surface area contributed by atoms with Crippen LogP contribution in [0.25, 0.3) is 0 Å².